The van der Waals surface area contributed by atoms with Crippen LogP contribution in [-0.2, 0) is 16.1 Å². The van der Waals surface area contributed by atoms with Gasteiger partial charge in [-0.1, -0.05) is 36.4 Å². The first-order chi connectivity index (χ1) is 18.6. The van der Waals surface area contributed by atoms with E-state index in [1.165, 1.54) is 0 Å². The van der Waals surface area contributed by atoms with Crippen LogP contribution >= 0.6 is 0 Å². The molecule has 3 aliphatic rings. The normalized spacial score (nSPS) is 23.4. The van der Waals surface area contributed by atoms with Crippen LogP contribution in [0, 0.1) is 5.92 Å². The number of hydrogen-bond acceptors (Lipinski definition) is 5. The number of pyridine rings is 1. The molecule has 1 aromatic heterocycles. The monoisotopic (exact) mass is 513 g/mol. The van der Waals surface area contributed by atoms with Gasteiger partial charge in [-0.05, 0) is 42.3 Å². The smallest absolute Gasteiger partial charge is 0.319 e. The Balaban J connectivity index is 1.13. The van der Waals surface area contributed by atoms with E-state index >= 15 is 0 Å². The number of ether oxygens (including phenoxy) is 1. The highest BCUT2D eigenvalue weighted by Gasteiger charge is 2.48. The predicted molar refractivity (Wildman–Crippen MR) is 148 cm³/mol. The molecule has 3 atom stereocenters. The van der Waals surface area contributed by atoms with Gasteiger partial charge in [0.05, 0.1) is 24.6 Å². The second-order valence-electron chi connectivity index (χ2n) is 10.7. The summed E-state index contributed by atoms with van der Waals surface area (Å²) >= 11 is 0. The van der Waals surface area contributed by atoms with Crippen molar-refractivity contribution in [3.05, 3.63) is 60.4 Å². The molecule has 2 saturated heterocycles. The zero-order valence-electron chi connectivity index (χ0n) is 21.9. The van der Waals surface area contributed by atoms with Crippen LogP contribution in [0.3, 0.4) is 0 Å². The van der Waals surface area contributed by atoms with Gasteiger partial charge in [0.1, 0.15) is 0 Å². The van der Waals surface area contributed by atoms with Gasteiger partial charge in [0.2, 0.25) is 5.91 Å². The van der Waals surface area contributed by atoms with Gasteiger partial charge in [-0.2, -0.15) is 0 Å². The minimum atomic E-state index is -0.197. The van der Waals surface area contributed by atoms with Crippen LogP contribution in [0.5, 0.6) is 0 Å². The number of nitrogens with zero attached hydrogens (tertiary/aromatic N) is 3. The molecule has 8 nitrogen and oxygen atoms in total. The summed E-state index contributed by atoms with van der Waals surface area (Å²) in [4.78, 5) is 33.9. The van der Waals surface area contributed by atoms with Crippen LogP contribution in [0.1, 0.15) is 31.9 Å². The molecule has 0 bridgehead atoms. The van der Waals surface area contributed by atoms with Crippen molar-refractivity contribution in [2.75, 3.05) is 38.2 Å². The maximum atomic E-state index is 12.9. The van der Waals surface area contributed by atoms with Gasteiger partial charge < -0.3 is 20.3 Å². The number of benzene rings is 2. The third-order valence-corrected chi connectivity index (χ3v) is 8.15. The first-order valence-electron chi connectivity index (χ1n) is 13.7. The van der Waals surface area contributed by atoms with E-state index in [9.17, 15) is 9.59 Å². The van der Waals surface area contributed by atoms with Crippen LogP contribution < -0.4 is 10.6 Å². The maximum Gasteiger partial charge on any atom is 0.319 e. The van der Waals surface area contributed by atoms with E-state index in [1.54, 1.807) is 6.92 Å². The molecule has 6 rings (SSSR count). The molecule has 3 unspecified atom stereocenters. The summed E-state index contributed by atoms with van der Waals surface area (Å²) < 4.78 is 5.44. The van der Waals surface area contributed by atoms with Gasteiger partial charge in [-0.15, -0.1) is 0 Å². The first-order valence-corrected chi connectivity index (χ1v) is 13.7. The largest absolute Gasteiger partial charge is 0.379 e. The Morgan fingerprint density at radius 3 is 2.61 bits per heavy atom. The number of morpholine rings is 1. The summed E-state index contributed by atoms with van der Waals surface area (Å²) in [5, 5.41) is 8.26. The standard InChI is InChI=1S/C30H35N5O3/c1-20(36)35-12-4-7-29(35)26-17-28(26)33-30(37)32-27-11-10-23(24-5-2-3-6-25(24)27)21-8-9-22(31-18-21)19-34-13-15-38-16-14-34/h2-3,5-6,8-11,18,26,28-29H,4,7,12-17,19H2,1H3,(H2,32,33,37). The first kappa shape index (κ1) is 24.8. The number of likely N-dealkylation sites (tertiary alicyclic amines) is 1. The van der Waals surface area contributed by atoms with E-state index in [4.69, 9.17) is 9.72 Å². The molecular formula is C30H35N5O3. The zero-order valence-corrected chi connectivity index (χ0v) is 21.9. The van der Waals surface area contributed by atoms with Crippen LogP contribution in [0.15, 0.2) is 54.7 Å². The summed E-state index contributed by atoms with van der Waals surface area (Å²) in [6.07, 6.45) is 4.94. The molecule has 3 aromatic rings. The fraction of sp³-hybridized carbons (Fsp3) is 0.433. The van der Waals surface area contributed by atoms with Gasteiger partial charge in [0, 0.05) is 68.3 Å². The maximum absolute atomic E-state index is 12.9. The lowest BCUT2D eigenvalue weighted by Crippen LogP contribution is -2.38. The molecule has 0 spiro atoms. The number of urea groups is 1. The molecule has 38 heavy (non-hydrogen) atoms. The summed E-state index contributed by atoms with van der Waals surface area (Å²) in [6.45, 7) is 6.74. The van der Waals surface area contributed by atoms with Crippen molar-refractivity contribution in [3.63, 3.8) is 0 Å². The van der Waals surface area contributed by atoms with Crippen molar-refractivity contribution >= 4 is 28.4 Å². The summed E-state index contributed by atoms with van der Waals surface area (Å²) in [6, 6.07) is 16.6. The van der Waals surface area contributed by atoms with Crippen molar-refractivity contribution in [1.82, 2.24) is 20.1 Å². The summed E-state index contributed by atoms with van der Waals surface area (Å²) in [5.74, 6) is 0.487. The second kappa shape index (κ2) is 10.7. The average molecular weight is 514 g/mol. The van der Waals surface area contributed by atoms with Gasteiger partial charge in [0.25, 0.3) is 0 Å². The van der Waals surface area contributed by atoms with Crippen LogP contribution in [0.4, 0.5) is 10.5 Å². The van der Waals surface area contributed by atoms with Crippen molar-refractivity contribution in [2.24, 2.45) is 5.92 Å². The fourth-order valence-electron chi connectivity index (χ4n) is 6.09. The van der Waals surface area contributed by atoms with Crippen molar-refractivity contribution in [2.45, 2.75) is 44.8 Å². The molecule has 2 aliphatic heterocycles. The van der Waals surface area contributed by atoms with Crippen molar-refractivity contribution in [3.8, 4) is 11.1 Å². The molecule has 1 aliphatic carbocycles. The van der Waals surface area contributed by atoms with Crippen LogP contribution in [-0.4, -0.2) is 71.7 Å². The molecule has 8 heteroatoms. The highest BCUT2D eigenvalue weighted by Crippen LogP contribution is 2.41. The van der Waals surface area contributed by atoms with Crippen molar-refractivity contribution < 1.29 is 14.3 Å². The summed E-state index contributed by atoms with van der Waals surface area (Å²) in [7, 11) is 0. The van der Waals surface area contributed by atoms with E-state index in [0.29, 0.717) is 5.92 Å². The number of carbonyl (C=O) groups is 2. The third kappa shape index (κ3) is 5.24. The Bertz CT molecular complexity index is 1320. The number of hydrogen-bond donors (Lipinski definition) is 2. The molecule has 3 amide bonds. The topological polar surface area (TPSA) is 86.8 Å². The minimum absolute atomic E-state index is 0.118. The Morgan fingerprint density at radius 2 is 1.84 bits per heavy atom. The van der Waals surface area contributed by atoms with Gasteiger partial charge in [-0.3, -0.25) is 14.7 Å². The molecule has 3 fully saturated rings. The lowest BCUT2D eigenvalue weighted by Gasteiger charge is -2.26. The molecule has 2 aromatic carbocycles. The molecule has 198 valence electrons. The quantitative estimate of drug-likeness (QED) is 0.515. The Hall–Kier alpha value is -3.49. The van der Waals surface area contributed by atoms with Gasteiger partial charge >= 0.3 is 6.03 Å². The van der Waals surface area contributed by atoms with E-state index in [2.05, 4.69) is 39.8 Å². The highest BCUT2D eigenvalue weighted by molar-refractivity contribution is 6.07. The predicted octanol–water partition coefficient (Wildman–Crippen LogP) is 4.25. The van der Waals surface area contributed by atoms with E-state index in [0.717, 1.165) is 91.9 Å². The number of nitrogens with one attached hydrogen (secondary N) is 2. The van der Waals surface area contributed by atoms with Gasteiger partial charge in [0.15, 0.2) is 0 Å². The SMILES string of the molecule is CC(=O)N1CCCC1C1CC1NC(=O)Nc1ccc(-c2ccc(CN3CCOCC3)nc2)c2ccccc12. The van der Waals surface area contributed by atoms with E-state index < -0.39 is 0 Å². The van der Waals surface area contributed by atoms with E-state index in [-0.39, 0.29) is 24.0 Å². The molecule has 1 saturated carbocycles. The number of fused-ring (bicyclic) bond motifs is 1. The third-order valence-electron chi connectivity index (χ3n) is 8.15. The van der Waals surface area contributed by atoms with E-state index in [1.807, 2.05) is 35.4 Å². The molecule has 0 radical (unpaired) electrons. The Kier molecular flexibility index (Phi) is 7.00. The fourth-order valence-corrected chi connectivity index (χ4v) is 6.09. The average Bonchev–Trinajstić information content (AvgIpc) is 3.50. The molecular weight excluding hydrogens is 478 g/mol. The van der Waals surface area contributed by atoms with Crippen LogP contribution in [0.25, 0.3) is 21.9 Å². The minimum Gasteiger partial charge on any atom is -0.379 e. The second-order valence-corrected chi connectivity index (χ2v) is 10.7. The summed E-state index contributed by atoms with van der Waals surface area (Å²) in [5.41, 5.74) is 3.97. The lowest BCUT2D eigenvalue weighted by molar-refractivity contribution is -0.129. The Morgan fingerprint density at radius 1 is 1.03 bits per heavy atom. The van der Waals surface area contributed by atoms with Gasteiger partial charge in [-0.25, -0.2) is 4.79 Å². The van der Waals surface area contributed by atoms with Crippen molar-refractivity contribution in [1.29, 1.82) is 0 Å². The highest BCUT2D eigenvalue weighted by atomic mass is 16.5. The number of anilines is 1. The number of rotatable bonds is 6. The molecule has 2 N–H and O–H groups in total. The Labute approximate surface area is 223 Å². The lowest BCUT2D eigenvalue weighted by atomic mass is 9.98. The number of carbonyl (C=O) groups excluding carboxylic acids is 2. The zero-order chi connectivity index (χ0) is 26.1. The van der Waals surface area contributed by atoms with Crippen LogP contribution in [0.2, 0.25) is 0 Å². The number of aromatic nitrogens is 1. The molecule has 3 heterocycles. The number of amides is 3.